The maximum Gasteiger partial charge on any atom is 0.276 e. The van der Waals surface area contributed by atoms with Crippen LogP contribution < -0.4 is 5.32 Å². The van der Waals surface area contributed by atoms with Gasteiger partial charge < -0.3 is 9.73 Å². The minimum Gasteiger partial charge on any atom is -0.447 e. The molecule has 120 valence electrons. The molecule has 1 aromatic rings. The summed E-state index contributed by atoms with van der Waals surface area (Å²) in [4.78, 5) is 0. The highest BCUT2D eigenvalue weighted by molar-refractivity contribution is 7.89. The van der Waals surface area contributed by atoms with Crippen LogP contribution in [0.2, 0.25) is 0 Å². The molecule has 1 unspecified atom stereocenters. The van der Waals surface area contributed by atoms with Crippen molar-refractivity contribution in [2.24, 2.45) is 0 Å². The summed E-state index contributed by atoms with van der Waals surface area (Å²) in [7, 11) is -3.49. The molecule has 0 aromatic carbocycles. The van der Waals surface area contributed by atoms with Crippen LogP contribution in [0.25, 0.3) is 0 Å². The van der Waals surface area contributed by atoms with E-state index in [-0.39, 0.29) is 16.7 Å². The molecule has 2 heterocycles. The largest absolute Gasteiger partial charge is 0.447 e. The predicted molar refractivity (Wildman–Crippen MR) is 82.5 cm³/mol. The molecule has 21 heavy (non-hydrogen) atoms. The third-order valence-electron chi connectivity index (χ3n) is 3.79. The van der Waals surface area contributed by atoms with Crippen LogP contribution in [0.1, 0.15) is 52.7 Å². The smallest absolute Gasteiger partial charge is 0.276 e. The van der Waals surface area contributed by atoms with E-state index in [1.807, 2.05) is 6.92 Å². The molecule has 1 fully saturated rings. The lowest BCUT2D eigenvalue weighted by Gasteiger charge is -2.21. The second-order valence-corrected chi connectivity index (χ2v) is 8.47. The second-order valence-electron chi connectivity index (χ2n) is 6.64. The first-order valence-electron chi connectivity index (χ1n) is 7.59. The molecule has 1 aromatic heterocycles. The normalized spacial score (nSPS) is 21.0. The van der Waals surface area contributed by atoms with Crippen LogP contribution in [0.4, 0.5) is 0 Å². The molecule has 5 nitrogen and oxygen atoms in total. The predicted octanol–water partition coefficient (Wildman–Crippen LogP) is 2.73. The van der Waals surface area contributed by atoms with E-state index in [1.54, 1.807) is 16.4 Å². The Morgan fingerprint density at radius 1 is 1.38 bits per heavy atom. The fraction of sp³-hybridized carbons (Fsp3) is 0.733. The number of nitrogens with one attached hydrogen (secondary N) is 1. The maximum atomic E-state index is 12.6. The lowest BCUT2D eigenvalue weighted by atomic mass is 10.1. The highest BCUT2D eigenvalue weighted by Gasteiger charge is 2.36. The minimum absolute atomic E-state index is 0.0336. The van der Waals surface area contributed by atoms with Crippen molar-refractivity contribution in [2.75, 3.05) is 6.54 Å². The molecule has 0 radical (unpaired) electrons. The van der Waals surface area contributed by atoms with Gasteiger partial charge >= 0.3 is 0 Å². The van der Waals surface area contributed by atoms with E-state index < -0.39 is 10.0 Å². The third kappa shape index (κ3) is 3.87. The van der Waals surface area contributed by atoms with E-state index >= 15 is 0 Å². The van der Waals surface area contributed by atoms with E-state index in [9.17, 15) is 8.42 Å². The maximum absolute atomic E-state index is 12.6. The van der Waals surface area contributed by atoms with Gasteiger partial charge in [0, 0.05) is 18.1 Å². The highest BCUT2D eigenvalue weighted by Crippen LogP contribution is 2.28. The molecule has 0 saturated carbocycles. The van der Waals surface area contributed by atoms with Crippen molar-refractivity contribution >= 4 is 10.0 Å². The first kappa shape index (κ1) is 16.5. The van der Waals surface area contributed by atoms with Gasteiger partial charge in [-0.25, -0.2) is 8.42 Å². The molecule has 2 rings (SSSR count). The Morgan fingerprint density at radius 2 is 2.10 bits per heavy atom. The standard InChI is InChI=1S/C15H26N2O3S/c1-5-12-7-6-10-17(12)21(18,19)14-9-8-13(20-14)11-16-15(2,3)4/h8-9,12,16H,5-7,10-11H2,1-4H3. The van der Waals surface area contributed by atoms with Crippen molar-refractivity contribution in [3.8, 4) is 0 Å². The fourth-order valence-electron chi connectivity index (χ4n) is 2.59. The first-order chi connectivity index (χ1) is 9.74. The van der Waals surface area contributed by atoms with Gasteiger partial charge in [-0.2, -0.15) is 4.31 Å². The summed E-state index contributed by atoms with van der Waals surface area (Å²) >= 11 is 0. The Balaban J connectivity index is 2.13. The van der Waals surface area contributed by atoms with Crippen LogP contribution >= 0.6 is 0 Å². The van der Waals surface area contributed by atoms with Crippen molar-refractivity contribution in [1.82, 2.24) is 9.62 Å². The SMILES string of the molecule is CCC1CCCN1S(=O)(=O)c1ccc(CNC(C)(C)C)o1. The minimum atomic E-state index is -3.49. The molecule has 0 amide bonds. The molecule has 6 heteroatoms. The van der Waals surface area contributed by atoms with Crippen molar-refractivity contribution in [1.29, 1.82) is 0 Å². The topological polar surface area (TPSA) is 62.6 Å². The van der Waals surface area contributed by atoms with Crippen LogP contribution in [0.5, 0.6) is 0 Å². The van der Waals surface area contributed by atoms with E-state index in [1.165, 1.54) is 0 Å². The van der Waals surface area contributed by atoms with Crippen molar-refractivity contribution in [3.63, 3.8) is 0 Å². The van der Waals surface area contributed by atoms with Crippen LogP contribution in [0.3, 0.4) is 0 Å². The van der Waals surface area contributed by atoms with Crippen molar-refractivity contribution in [2.45, 2.75) is 70.2 Å². The van der Waals surface area contributed by atoms with Crippen LogP contribution in [-0.2, 0) is 16.6 Å². The van der Waals surface area contributed by atoms with Gasteiger partial charge in [0.25, 0.3) is 10.0 Å². The Labute approximate surface area is 127 Å². The molecule has 1 aliphatic rings. The van der Waals surface area contributed by atoms with Crippen molar-refractivity contribution < 1.29 is 12.8 Å². The summed E-state index contributed by atoms with van der Waals surface area (Å²) in [5.41, 5.74) is -0.0336. The molecular weight excluding hydrogens is 288 g/mol. The molecule has 1 aliphatic heterocycles. The van der Waals surface area contributed by atoms with Crippen LogP contribution in [-0.4, -0.2) is 30.8 Å². The zero-order valence-corrected chi connectivity index (χ0v) is 14.2. The molecule has 0 bridgehead atoms. The summed E-state index contributed by atoms with van der Waals surface area (Å²) in [5, 5.41) is 3.35. The van der Waals surface area contributed by atoms with Crippen LogP contribution in [0, 0.1) is 0 Å². The van der Waals surface area contributed by atoms with Crippen LogP contribution in [0.15, 0.2) is 21.6 Å². The summed E-state index contributed by atoms with van der Waals surface area (Å²) in [5.74, 6) is 0.649. The fourth-order valence-corrected chi connectivity index (χ4v) is 4.29. The Morgan fingerprint density at radius 3 is 2.71 bits per heavy atom. The Hall–Kier alpha value is -0.850. The van der Waals surface area contributed by atoms with E-state index in [0.29, 0.717) is 18.8 Å². The van der Waals surface area contributed by atoms with Gasteiger partial charge in [0.15, 0.2) is 0 Å². The molecule has 1 saturated heterocycles. The van der Waals surface area contributed by atoms with Gasteiger partial charge in [0.05, 0.1) is 6.54 Å². The molecule has 0 aliphatic carbocycles. The first-order valence-corrected chi connectivity index (χ1v) is 9.03. The highest BCUT2D eigenvalue weighted by atomic mass is 32.2. The molecule has 0 spiro atoms. The number of hydrogen-bond donors (Lipinski definition) is 1. The lowest BCUT2D eigenvalue weighted by molar-refractivity contribution is 0.335. The van der Waals surface area contributed by atoms with Gasteiger partial charge in [-0.05, 0) is 52.2 Å². The monoisotopic (exact) mass is 314 g/mol. The zero-order chi connectivity index (χ0) is 15.7. The number of rotatable bonds is 5. The van der Waals surface area contributed by atoms with Gasteiger partial charge in [-0.3, -0.25) is 0 Å². The number of hydrogen-bond acceptors (Lipinski definition) is 4. The Bertz CT molecular complexity index is 572. The van der Waals surface area contributed by atoms with Gasteiger partial charge in [0.1, 0.15) is 5.76 Å². The quantitative estimate of drug-likeness (QED) is 0.907. The molecule has 1 atom stereocenters. The lowest BCUT2D eigenvalue weighted by Crippen LogP contribution is -2.35. The average Bonchev–Trinajstić information content (AvgIpc) is 3.04. The molecule has 1 N–H and O–H groups in total. The van der Waals surface area contributed by atoms with E-state index in [4.69, 9.17) is 4.42 Å². The van der Waals surface area contributed by atoms with E-state index in [0.717, 1.165) is 19.3 Å². The Kier molecular flexibility index (Phi) is 4.80. The number of furan rings is 1. The second kappa shape index (κ2) is 6.10. The van der Waals surface area contributed by atoms with Crippen molar-refractivity contribution in [3.05, 3.63) is 17.9 Å². The van der Waals surface area contributed by atoms with Gasteiger partial charge in [-0.1, -0.05) is 6.92 Å². The zero-order valence-electron chi connectivity index (χ0n) is 13.3. The summed E-state index contributed by atoms with van der Waals surface area (Å²) in [6.07, 6.45) is 2.71. The number of sulfonamides is 1. The van der Waals surface area contributed by atoms with Gasteiger partial charge in [0.2, 0.25) is 5.09 Å². The summed E-state index contributed by atoms with van der Waals surface area (Å²) < 4.78 is 32.4. The third-order valence-corrected chi connectivity index (χ3v) is 5.61. The van der Waals surface area contributed by atoms with E-state index in [2.05, 4.69) is 26.1 Å². The molecular formula is C15H26N2O3S. The summed E-state index contributed by atoms with van der Waals surface area (Å²) in [6.45, 7) is 9.32. The number of nitrogens with zero attached hydrogens (tertiary/aromatic N) is 1. The summed E-state index contributed by atoms with van der Waals surface area (Å²) in [6, 6.07) is 3.42. The van der Waals surface area contributed by atoms with Gasteiger partial charge in [-0.15, -0.1) is 0 Å². The average molecular weight is 314 g/mol.